The predicted octanol–water partition coefficient (Wildman–Crippen LogP) is 0.370. The van der Waals surface area contributed by atoms with E-state index in [1.165, 1.54) is 0 Å². The molecule has 0 N–H and O–H groups in total. The molecular formula is C10H16O4. The minimum absolute atomic E-state index is 0.0202. The van der Waals surface area contributed by atoms with Crippen molar-refractivity contribution in [1.29, 1.82) is 0 Å². The molecule has 4 nitrogen and oxygen atoms in total. The SMILES string of the molecule is C=C[C@]12OC[C@H](OC)[C@H]1OC[C@H]2OC. The van der Waals surface area contributed by atoms with Crippen molar-refractivity contribution in [1.82, 2.24) is 0 Å². The zero-order valence-corrected chi connectivity index (χ0v) is 8.56. The molecule has 4 atom stereocenters. The van der Waals surface area contributed by atoms with E-state index in [-0.39, 0.29) is 18.3 Å². The van der Waals surface area contributed by atoms with Crippen molar-refractivity contribution in [3.8, 4) is 0 Å². The highest BCUT2D eigenvalue weighted by Gasteiger charge is 2.59. The van der Waals surface area contributed by atoms with Gasteiger partial charge in [0, 0.05) is 14.2 Å². The van der Waals surface area contributed by atoms with Crippen molar-refractivity contribution in [3.05, 3.63) is 12.7 Å². The normalized spacial score (nSPS) is 46.6. The molecule has 4 heteroatoms. The van der Waals surface area contributed by atoms with Gasteiger partial charge in [0.2, 0.25) is 0 Å². The van der Waals surface area contributed by atoms with E-state index >= 15 is 0 Å². The van der Waals surface area contributed by atoms with Gasteiger partial charge in [-0.05, 0) is 0 Å². The lowest BCUT2D eigenvalue weighted by atomic mass is 9.92. The average Bonchev–Trinajstić information content (AvgIpc) is 2.73. The zero-order valence-electron chi connectivity index (χ0n) is 8.56. The van der Waals surface area contributed by atoms with Gasteiger partial charge in [-0.3, -0.25) is 0 Å². The molecular weight excluding hydrogens is 184 g/mol. The van der Waals surface area contributed by atoms with Crippen LogP contribution in [0.5, 0.6) is 0 Å². The highest BCUT2D eigenvalue weighted by atomic mass is 16.6. The Kier molecular flexibility index (Phi) is 2.62. The number of ether oxygens (including phenoxy) is 4. The van der Waals surface area contributed by atoms with Crippen LogP contribution in [0.4, 0.5) is 0 Å². The molecule has 0 radical (unpaired) electrons. The van der Waals surface area contributed by atoms with Crippen molar-refractivity contribution in [2.75, 3.05) is 27.4 Å². The molecule has 2 rings (SSSR count). The van der Waals surface area contributed by atoms with Gasteiger partial charge in [-0.15, -0.1) is 6.58 Å². The van der Waals surface area contributed by atoms with Gasteiger partial charge in [0.05, 0.1) is 13.2 Å². The lowest BCUT2D eigenvalue weighted by Gasteiger charge is -2.28. The van der Waals surface area contributed by atoms with Crippen molar-refractivity contribution >= 4 is 0 Å². The van der Waals surface area contributed by atoms with Gasteiger partial charge in [-0.25, -0.2) is 0 Å². The molecule has 0 aliphatic carbocycles. The molecule has 14 heavy (non-hydrogen) atoms. The van der Waals surface area contributed by atoms with E-state index in [1.54, 1.807) is 20.3 Å². The zero-order chi connectivity index (χ0) is 10.2. The van der Waals surface area contributed by atoms with E-state index in [1.807, 2.05) is 0 Å². The second kappa shape index (κ2) is 3.62. The van der Waals surface area contributed by atoms with Gasteiger partial charge >= 0.3 is 0 Å². The molecule has 0 aromatic rings. The van der Waals surface area contributed by atoms with Crippen LogP contribution >= 0.6 is 0 Å². The van der Waals surface area contributed by atoms with Crippen molar-refractivity contribution in [3.63, 3.8) is 0 Å². The standard InChI is InChI=1S/C10H16O4/c1-4-10-8(12-3)6-13-9(10)7(11-2)5-14-10/h4,7-9H,1,5-6H2,2-3H3/t7-,8+,9+,10+/m0/s1. The smallest absolute Gasteiger partial charge is 0.143 e. The van der Waals surface area contributed by atoms with Gasteiger partial charge in [-0.1, -0.05) is 6.08 Å². The Labute approximate surface area is 83.8 Å². The minimum Gasteiger partial charge on any atom is -0.376 e. The molecule has 0 saturated carbocycles. The number of fused-ring (bicyclic) bond motifs is 1. The summed E-state index contributed by atoms with van der Waals surface area (Å²) >= 11 is 0. The van der Waals surface area contributed by atoms with Gasteiger partial charge in [-0.2, -0.15) is 0 Å². The third kappa shape index (κ3) is 1.15. The van der Waals surface area contributed by atoms with Gasteiger partial charge < -0.3 is 18.9 Å². The molecule has 0 bridgehead atoms. The van der Waals surface area contributed by atoms with Crippen LogP contribution < -0.4 is 0 Å². The van der Waals surface area contributed by atoms with Crippen LogP contribution in [0.1, 0.15) is 0 Å². The van der Waals surface area contributed by atoms with Crippen molar-refractivity contribution < 1.29 is 18.9 Å². The number of hydrogen-bond donors (Lipinski definition) is 0. The maximum absolute atomic E-state index is 5.73. The largest absolute Gasteiger partial charge is 0.376 e. The molecule has 2 aliphatic heterocycles. The average molecular weight is 200 g/mol. The van der Waals surface area contributed by atoms with Crippen LogP contribution in [0.2, 0.25) is 0 Å². The number of hydrogen-bond acceptors (Lipinski definition) is 4. The second-order valence-electron chi connectivity index (χ2n) is 3.62. The Morgan fingerprint density at radius 2 is 2.14 bits per heavy atom. The molecule has 0 unspecified atom stereocenters. The first-order valence-electron chi connectivity index (χ1n) is 4.73. The molecule has 2 heterocycles. The maximum atomic E-state index is 5.73. The Balaban J connectivity index is 2.24. The van der Waals surface area contributed by atoms with E-state index in [0.717, 1.165) is 0 Å². The quantitative estimate of drug-likeness (QED) is 0.617. The Bertz CT molecular complexity index is 230. The first-order chi connectivity index (χ1) is 6.78. The molecule has 0 amide bonds. The summed E-state index contributed by atoms with van der Waals surface area (Å²) in [6, 6.07) is 0. The molecule has 0 aromatic carbocycles. The summed E-state index contributed by atoms with van der Waals surface area (Å²) in [7, 11) is 3.32. The van der Waals surface area contributed by atoms with E-state index in [2.05, 4.69) is 6.58 Å². The summed E-state index contributed by atoms with van der Waals surface area (Å²) in [5.41, 5.74) is -0.518. The van der Waals surface area contributed by atoms with Crippen LogP contribution in [0, 0.1) is 0 Å². The molecule has 0 spiro atoms. The fraction of sp³-hybridized carbons (Fsp3) is 0.800. The van der Waals surface area contributed by atoms with Gasteiger partial charge in [0.1, 0.15) is 23.9 Å². The number of methoxy groups -OCH3 is 2. The van der Waals surface area contributed by atoms with E-state index in [4.69, 9.17) is 18.9 Å². The minimum atomic E-state index is -0.518. The Morgan fingerprint density at radius 1 is 1.36 bits per heavy atom. The van der Waals surface area contributed by atoms with Crippen molar-refractivity contribution in [2.45, 2.75) is 23.9 Å². The Hall–Kier alpha value is -0.420. The topological polar surface area (TPSA) is 36.9 Å². The van der Waals surface area contributed by atoms with Gasteiger partial charge in [0.25, 0.3) is 0 Å². The summed E-state index contributed by atoms with van der Waals surface area (Å²) in [5.74, 6) is 0. The monoisotopic (exact) mass is 200 g/mol. The Morgan fingerprint density at radius 3 is 2.71 bits per heavy atom. The third-order valence-corrected chi connectivity index (χ3v) is 3.12. The number of rotatable bonds is 3. The summed E-state index contributed by atoms with van der Waals surface area (Å²) in [4.78, 5) is 0. The lowest BCUT2D eigenvalue weighted by Crippen LogP contribution is -2.46. The van der Waals surface area contributed by atoms with Crippen LogP contribution in [-0.2, 0) is 18.9 Å². The van der Waals surface area contributed by atoms with Crippen LogP contribution in [-0.4, -0.2) is 51.3 Å². The molecule has 80 valence electrons. The molecule has 2 fully saturated rings. The fourth-order valence-corrected chi connectivity index (χ4v) is 2.27. The second-order valence-corrected chi connectivity index (χ2v) is 3.62. The van der Waals surface area contributed by atoms with E-state index in [9.17, 15) is 0 Å². The van der Waals surface area contributed by atoms with E-state index < -0.39 is 5.60 Å². The van der Waals surface area contributed by atoms with Crippen LogP contribution in [0.15, 0.2) is 12.7 Å². The maximum Gasteiger partial charge on any atom is 0.143 e. The highest BCUT2D eigenvalue weighted by molar-refractivity contribution is 5.17. The molecule has 2 aliphatic rings. The highest BCUT2D eigenvalue weighted by Crippen LogP contribution is 2.40. The predicted molar refractivity (Wildman–Crippen MR) is 50.2 cm³/mol. The first-order valence-corrected chi connectivity index (χ1v) is 4.73. The van der Waals surface area contributed by atoms with Crippen LogP contribution in [0.3, 0.4) is 0 Å². The van der Waals surface area contributed by atoms with Gasteiger partial charge in [0.15, 0.2) is 0 Å². The van der Waals surface area contributed by atoms with Crippen molar-refractivity contribution in [2.24, 2.45) is 0 Å². The summed E-state index contributed by atoms with van der Waals surface area (Å²) in [6.07, 6.45) is 1.59. The summed E-state index contributed by atoms with van der Waals surface area (Å²) in [6.45, 7) is 4.87. The molecule has 2 saturated heterocycles. The first kappa shape index (κ1) is 10.1. The third-order valence-electron chi connectivity index (χ3n) is 3.12. The lowest BCUT2D eigenvalue weighted by molar-refractivity contribution is -0.0579. The van der Waals surface area contributed by atoms with Crippen LogP contribution in [0.25, 0.3) is 0 Å². The fourth-order valence-electron chi connectivity index (χ4n) is 2.27. The van der Waals surface area contributed by atoms with E-state index in [0.29, 0.717) is 13.2 Å². The summed E-state index contributed by atoms with van der Waals surface area (Å²) < 4.78 is 22.0. The molecule has 0 aromatic heterocycles. The summed E-state index contributed by atoms with van der Waals surface area (Å²) in [5, 5.41) is 0.